The molecule has 2 N–H and O–H groups in total. The first-order valence-corrected chi connectivity index (χ1v) is 4.76. The zero-order valence-corrected chi connectivity index (χ0v) is 11.2. The van der Waals surface area contributed by atoms with E-state index in [2.05, 4.69) is 16.3 Å². The summed E-state index contributed by atoms with van der Waals surface area (Å²) in [5.74, 6) is 0. The minimum absolute atomic E-state index is 0. The van der Waals surface area contributed by atoms with Crippen molar-refractivity contribution in [2.24, 2.45) is 5.73 Å². The number of rotatable bonds is 0. The van der Waals surface area contributed by atoms with Crippen LogP contribution in [0.15, 0.2) is 12.4 Å². The Morgan fingerprint density at radius 1 is 1.29 bits per heavy atom. The van der Waals surface area contributed by atoms with Crippen LogP contribution in [0.3, 0.4) is 0 Å². The zero-order chi connectivity index (χ0) is 9.52. The second kappa shape index (κ2) is 8.62. The van der Waals surface area contributed by atoms with Crippen molar-refractivity contribution in [1.29, 1.82) is 0 Å². The third-order valence-corrected chi connectivity index (χ3v) is 2.09. The molecule has 0 amide bonds. The Balaban J connectivity index is 0.000000227. The monoisotopic (exact) mass is 221 g/mol. The topological polar surface area (TPSA) is 51.8 Å². The van der Waals surface area contributed by atoms with Gasteiger partial charge in [0, 0.05) is 12.4 Å². The molecule has 1 saturated carbocycles. The van der Waals surface area contributed by atoms with Crippen LogP contribution in [0.4, 0.5) is 0 Å². The number of halogens is 1. The Bertz CT molecular complexity index is 227. The summed E-state index contributed by atoms with van der Waals surface area (Å²) in [6.45, 7) is 0. The molecule has 0 aromatic carbocycles. The van der Waals surface area contributed by atoms with Crippen LogP contribution in [-0.4, -0.2) is 16.0 Å². The van der Waals surface area contributed by atoms with Gasteiger partial charge in [-0.2, -0.15) is 0 Å². The molecular formula is C9H13ClN3Na. The third-order valence-electron chi connectivity index (χ3n) is 1.89. The molecule has 0 aliphatic heterocycles. The van der Waals surface area contributed by atoms with Crippen LogP contribution in [0.1, 0.15) is 25.7 Å². The number of hydrogen-bond donors (Lipinski definition) is 1. The summed E-state index contributed by atoms with van der Waals surface area (Å²) >= 11 is 5.39. The van der Waals surface area contributed by atoms with Crippen LogP contribution in [0.2, 0.25) is 5.02 Å². The fourth-order valence-corrected chi connectivity index (χ4v) is 1.30. The molecule has 5 heteroatoms. The van der Waals surface area contributed by atoms with Gasteiger partial charge in [-0.25, -0.2) is 0 Å². The minimum Gasteiger partial charge on any atom is -0.373 e. The predicted molar refractivity (Wildman–Crippen MR) is 52.3 cm³/mol. The predicted octanol–water partition coefficient (Wildman–Crippen LogP) is -1.18. The average Bonchev–Trinajstić information content (AvgIpc) is 2.58. The van der Waals surface area contributed by atoms with Crippen molar-refractivity contribution in [3.8, 4) is 0 Å². The molecular weight excluding hydrogens is 209 g/mol. The Kier molecular flexibility index (Phi) is 8.83. The molecule has 1 fully saturated rings. The molecule has 0 atom stereocenters. The Morgan fingerprint density at radius 3 is 2.00 bits per heavy atom. The van der Waals surface area contributed by atoms with E-state index in [1.807, 2.05) is 0 Å². The molecule has 1 heterocycles. The summed E-state index contributed by atoms with van der Waals surface area (Å²) in [5.41, 5.74) is 5.53. The average molecular weight is 222 g/mol. The molecule has 1 aliphatic rings. The van der Waals surface area contributed by atoms with Crippen molar-refractivity contribution in [1.82, 2.24) is 9.97 Å². The normalized spacial score (nSPS) is 15.3. The standard InChI is InChI=1S/C5H11N.C4H2ClN2.Na/c6-5-3-1-2-4-5;5-4-1-6-3-7-2-4;/h5H,1-4,6H2;1-2H;/q;-1;+1. The number of nitrogens with zero attached hydrogens (tertiary/aromatic N) is 2. The smallest absolute Gasteiger partial charge is 0.373 e. The van der Waals surface area contributed by atoms with Crippen molar-refractivity contribution >= 4 is 11.6 Å². The number of hydrogen-bond acceptors (Lipinski definition) is 3. The van der Waals surface area contributed by atoms with Crippen LogP contribution in [0.5, 0.6) is 0 Å². The van der Waals surface area contributed by atoms with E-state index in [9.17, 15) is 0 Å². The van der Waals surface area contributed by atoms with Gasteiger partial charge in [0.25, 0.3) is 0 Å². The maximum Gasteiger partial charge on any atom is 1.00 e. The molecule has 0 unspecified atom stereocenters. The fourth-order valence-electron chi connectivity index (χ4n) is 1.21. The van der Waals surface area contributed by atoms with Gasteiger partial charge in [-0.05, 0) is 17.9 Å². The summed E-state index contributed by atoms with van der Waals surface area (Å²) in [6, 6.07) is 0.546. The van der Waals surface area contributed by atoms with Crippen molar-refractivity contribution < 1.29 is 29.6 Å². The molecule has 0 spiro atoms. The summed E-state index contributed by atoms with van der Waals surface area (Å²) in [4.78, 5) is 7.03. The van der Waals surface area contributed by atoms with Crippen LogP contribution in [0.25, 0.3) is 0 Å². The largest absolute Gasteiger partial charge is 1.00 e. The van der Waals surface area contributed by atoms with Gasteiger partial charge in [-0.15, -0.1) is 11.6 Å². The molecule has 1 aromatic heterocycles. The van der Waals surface area contributed by atoms with Crippen LogP contribution in [0, 0.1) is 6.33 Å². The molecule has 1 aromatic rings. The van der Waals surface area contributed by atoms with E-state index in [-0.39, 0.29) is 29.6 Å². The minimum atomic E-state index is 0. The van der Waals surface area contributed by atoms with Gasteiger partial charge < -0.3 is 15.7 Å². The molecule has 3 nitrogen and oxygen atoms in total. The van der Waals surface area contributed by atoms with Crippen LogP contribution >= 0.6 is 11.6 Å². The van der Waals surface area contributed by atoms with E-state index in [0.29, 0.717) is 11.1 Å². The van der Waals surface area contributed by atoms with Gasteiger partial charge in [-0.1, -0.05) is 25.2 Å². The summed E-state index contributed by atoms with van der Waals surface area (Å²) in [7, 11) is 0. The van der Waals surface area contributed by atoms with E-state index in [0.717, 1.165) is 0 Å². The van der Waals surface area contributed by atoms with Crippen molar-refractivity contribution in [2.75, 3.05) is 0 Å². The number of nitrogens with two attached hydrogens (primary N) is 1. The first kappa shape index (κ1) is 14.3. The second-order valence-corrected chi connectivity index (χ2v) is 3.48. The fraction of sp³-hybridized carbons (Fsp3) is 0.556. The Hall–Kier alpha value is 0.330. The zero-order valence-electron chi connectivity index (χ0n) is 8.41. The molecule has 0 saturated heterocycles. The SMILES string of the molecule is Clc1cn[c-]nc1.NC1CCCC1.[Na+]. The maximum absolute atomic E-state index is 5.53. The van der Waals surface area contributed by atoms with Crippen LogP contribution < -0.4 is 35.3 Å². The van der Waals surface area contributed by atoms with E-state index in [4.69, 9.17) is 17.3 Å². The molecule has 14 heavy (non-hydrogen) atoms. The van der Waals surface area contributed by atoms with Crippen molar-refractivity contribution in [2.45, 2.75) is 31.7 Å². The quantitative estimate of drug-likeness (QED) is 0.443. The molecule has 72 valence electrons. The van der Waals surface area contributed by atoms with E-state index >= 15 is 0 Å². The molecule has 1 aliphatic carbocycles. The van der Waals surface area contributed by atoms with E-state index < -0.39 is 0 Å². The summed E-state index contributed by atoms with van der Waals surface area (Å²) < 4.78 is 0. The molecule has 0 bridgehead atoms. The first-order valence-electron chi connectivity index (χ1n) is 4.38. The first-order chi connectivity index (χ1) is 6.29. The van der Waals surface area contributed by atoms with Gasteiger partial charge in [0.1, 0.15) is 0 Å². The third kappa shape index (κ3) is 6.74. The second-order valence-electron chi connectivity index (χ2n) is 3.05. The molecule has 2 rings (SSSR count). The van der Waals surface area contributed by atoms with Gasteiger partial charge >= 0.3 is 29.6 Å². The van der Waals surface area contributed by atoms with Gasteiger partial charge in [0.15, 0.2) is 0 Å². The van der Waals surface area contributed by atoms with Crippen molar-refractivity contribution in [3.63, 3.8) is 0 Å². The Morgan fingerprint density at radius 2 is 1.79 bits per heavy atom. The number of aromatic nitrogens is 2. The van der Waals surface area contributed by atoms with E-state index in [1.165, 1.54) is 38.1 Å². The maximum atomic E-state index is 5.53. The van der Waals surface area contributed by atoms with Gasteiger partial charge in [0.2, 0.25) is 0 Å². The van der Waals surface area contributed by atoms with E-state index in [1.54, 1.807) is 0 Å². The van der Waals surface area contributed by atoms with Gasteiger partial charge in [0.05, 0.1) is 0 Å². The summed E-state index contributed by atoms with van der Waals surface area (Å²) in [6.07, 6.45) is 10.6. The van der Waals surface area contributed by atoms with Crippen molar-refractivity contribution in [3.05, 3.63) is 23.7 Å². The Labute approximate surface area is 112 Å². The van der Waals surface area contributed by atoms with Gasteiger partial charge in [-0.3, -0.25) is 0 Å². The van der Waals surface area contributed by atoms with Crippen LogP contribution in [-0.2, 0) is 0 Å². The molecule has 0 radical (unpaired) electrons. The summed E-state index contributed by atoms with van der Waals surface area (Å²) in [5, 5.41) is 0.541.